The lowest BCUT2D eigenvalue weighted by Gasteiger charge is -2.40. The zero-order chi connectivity index (χ0) is 14.0. The van der Waals surface area contributed by atoms with Crippen LogP contribution >= 0.6 is 27.3 Å². The topological polar surface area (TPSA) is 60.9 Å². The highest BCUT2D eigenvalue weighted by Crippen LogP contribution is 2.23. The molecule has 1 fully saturated rings. The van der Waals surface area contributed by atoms with E-state index in [4.69, 9.17) is 5.11 Å². The van der Waals surface area contributed by atoms with Gasteiger partial charge in [-0.3, -0.25) is 4.79 Å². The third kappa shape index (κ3) is 3.70. The minimum Gasteiger partial charge on any atom is -0.481 e. The van der Waals surface area contributed by atoms with Crippen LogP contribution in [0.5, 0.6) is 0 Å². The van der Waals surface area contributed by atoms with E-state index < -0.39 is 5.97 Å². The Balaban J connectivity index is 1.79. The molecule has 0 bridgehead atoms. The number of rotatable bonds is 4. The minimum atomic E-state index is -0.797. The molecule has 1 saturated heterocycles. The summed E-state index contributed by atoms with van der Waals surface area (Å²) in [6.45, 7) is 1.67. The molecule has 1 aliphatic rings. The Morgan fingerprint density at radius 1 is 1.58 bits per heavy atom. The quantitative estimate of drug-likeness (QED) is 0.910. The number of carbonyl (C=O) groups is 2. The Morgan fingerprint density at radius 3 is 2.79 bits per heavy atom. The molecule has 0 spiro atoms. The van der Waals surface area contributed by atoms with Gasteiger partial charge < -0.3 is 14.9 Å². The van der Waals surface area contributed by atoms with Crippen LogP contribution in [0.3, 0.4) is 0 Å². The average molecular weight is 347 g/mol. The van der Waals surface area contributed by atoms with Crippen molar-refractivity contribution in [1.82, 2.24) is 9.80 Å². The summed E-state index contributed by atoms with van der Waals surface area (Å²) < 4.78 is 1.03. The van der Waals surface area contributed by atoms with E-state index in [0.29, 0.717) is 19.6 Å². The molecule has 0 aliphatic carbocycles. The number of thiophene rings is 1. The molecular weight excluding hydrogens is 332 g/mol. The summed E-state index contributed by atoms with van der Waals surface area (Å²) in [5.41, 5.74) is 0. The van der Waals surface area contributed by atoms with Gasteiger partial charge in [0, 0.05) is 40.8 Å². The lowest BCUT2D eigenvalue weighted by atomic mass is 9.97. The number of aliphatic carboxylic acids is 1. The van der Waals surface area contributed by atoms with Gasteiger partial charge in [-0.05, 0) is 22.0 Å². The molecule has 0 atom stereocenters. The molecule has 0 saturated carbocycles. The van der Waals surface area contributed by atoms with E-state index in [-0.39, 0.29) is 18.4 Å². The van der Waals surface area contributed by atoms with Crippen LogP contribution in [0.15, 0.2) is 15.9 Å². The van der Waals surface area contributed by atoms with Gasteiger partial charge in [0.1, 0.15) is 0 Å². The molecule has 2 rings (SSSR count). The normalized spacial score (nSPS) is 15.2. The maximum Gasteiger partial charge on any atom is 0.320 e. The van der Waals surface area contributed by atoms with Crippen molar-refractivity contribution in [3.63, 3.8) is 0 Å². The second kappa shape index (κ2) is 5.92. The predicted molar refractivity (Wildman–Crippen MR) is 76.2 cm³/mol. The van der Waals surface area contributed by atoms with Crippen molar-refractivity contribution in [3.05, 3.63) is 20.8 Å². The number of likely N-dealkylation sites (tertiary alicyclic amines) is 1. The number of urea groups is 1. The Morgan fingerprint density at radius 2 is 2.26 bits per heavy atom. The highest BCUT2D eigenvalue weighted by atomic mass is 79.9. The molecule has 19 heavy (non-hydrogen) atoms. The van der Waals surface area contributed by atoms with E-state index in [1.807, 2.05) is 11.4 Å². The molecule has 1 aliphatic heterocycles. The first-order chi connectivity index (χ1) is 8.95. The van der Waals surface area contributed by atoms with Gasteiger partial charge in [0.25, 0.3) is 0 Å². The standard InChI is InChI=1S/C12H15BrN2O3S/c1-14(6-10-3-9(13)7-19-10)12(18)15-4-8(5-15)2-11(16)17/h3,7-8H,2,4-6H2,1H3,(H,16,17). The Hall–Kier alpha value is -1.08. The van der Waals surface area contributed by atoms with Crippen molar-refractivity contribution >= 4 is 39.3 Å². The van der Waals surface area contributed by atoms with Crippen LogP contribution in [0.4, 0.5) is 4.79 Å². The summed E-state index contributed by atoms with van der Waals surface area (Å²) >= 11 is 4.99. The van der Waals surface area contributed by atoms with Crippen molar-refractivity contribution in [2.45, 2.75) is 13.0 Å². The van der Waals surface area contributed by atoms with Crippen LogP contribution in [-0.4, -0.2) is 47.0 Å². The van der Waals surface area contributed by atoms with Gasteiger partial charge in [0.15, 0.2) is 0 Å². The van der Waals surface area contributed by atoms with Crippen molar-refractivity contribution in [3.8, 4) is 0 Å². The zero-order valence-electron chi connectivity index (χ0n) is 10.5. The van der Waals surface area contributed by atoms with Crippen molar-refractivity contribution in [2.24, 2.45) is 5.92 Å². The van der Waals surface area contributed by atoms with Crippen LogP contribution in [0.25, 0.3) is 0 Å². The highest BCUT2D eigenvalue weighted by molar-refractivity contribution is 9.10. The van der Waals surface area contributed by atoms with E-state index in [1.165, 1.54) is 0 Å². The fourth-order valence-corrected chi connectivity index (χ4v) is 3.59. The molecule has 5 nitrogen and oxygen atoms in total. The smallest absolute Gasteiger partial charge is 0.320 e. The molecular formula is C12H15BrN2O3S. The fraction of sp³-hybridized carbons (Fsp3) is 0.500. The third-order valence-corrected chi connectivity index (χ3v) is 4.71. The first-order valence-electron chi connectivity index (χ1n) is 5.90. The molecule has 0 unspecified atom stereocenters. The van der Waals surface area contributed by atoms with Gasteiger partial charge in [-0.25, -0.2) is 4.79 Å². The summed E-state index contributed by atoms with van der Waals surface area (Å²) in [6, 6.07) is 1.96. The van der Waals surface area contributed by atoms with E-state index in [9.17, 15) is 9.59 Å². The minimum absolute atomic E-state index is 0.0360. The molecule has 2 amide bonds. The lowest BCUT2D eigenvalue weighted by molar-refractivity contribution is -0.139. The molecule has 104 valence electrons. The summed E-state index contributed by atoms with van der Waals surface area (Å²) in [5, 5.41) is 10.6. The van der Waals surface area contributed by atoms with Crippen LogP contribution < -0.4 is 0 Å². The van der Waals surface area contributed by atoms with E-state index in [2.05, 4.69) is 15.9 Å². The van der Waals surface area contributed by atoms with E-state index in [0.717, 1.165) is 9.35 Å². The number of nitrogens with zero attached hydrogens (tertiary/aromatic N) is 2. The van der Waals surface area contributed by atoms with Crippen LogP contribution in [-0.2, 0) is 11.3 Å². The molecule has 2 heterocycles. The highest BCUT2D eigenvalue weighted by Gasteiger charge is 2.33. The van der Waals surface area contributed by atoms with Gasteiger partial charge in [0.05, 0.1) is 13.0 Å². The van der Waals surface area contributed by atoms with Crippen molar-refractivity contribution < 1.29 is 14.7 Å². The van der Waals surface area contributed by atoms with Crippen LogP contribution in [0, 0.1) is 5.92 Å². The summed E-state index contributed by atoms with van der Waals surface area (Å²) in [7, 11) is 1.76. The number of amides is 2. The van der Waals surface area contributed by atoms with Crippen LogP contribution in [0.2, 0.25) is 0 Å². The van der Waals surface area contributed by atoms with Gasteiger partial charge in [-0.15, -0.1) is 11.3 Å². The Bertz CT molecular complexity index is 485. The van der Waals surface area contributed by atoms with Gasteiger partial charge in [-0.1, -0.05) is 0 Å². The molecule has 7 heteroatoms. The van der Waals surface area contributed by atoms with Gasteiger partial charge in [0.2, 0.25) is 0 Å². The molecule has 1 aromatic rings. The van der Waals surface area contributed by atoms with Crippen molar-refractivity contribution in [2.75, 3.05) is 20.1 Å². The van der Waals surface area contributed by atoms with E-state index >= 15 is 0 Å². The molecule has 0 radical (unpaired) electrons. The second-order valence-electron chi connectivity index (χ2n) is 4.74. The monoisotopic (exact) mass is 346 g/mol. The first kappa shape index (κ1) is 14.3. The summed E-state index contributed by atoms with van der Waals surface area (Å²) in [6.07, 6.45) is 0.144. The Labute approximate surface area is 123 Å². The number of carboxylic acids is 1. The zero-order valence-corrected chi connectivity index (χ0v) is 12.9. The molecule has 1 aromatic heterocycles. The molecule has 1 N–H and O–H groups in total. The van der Waals surface area contributed by atoms with Crippen LogP contribution in [0.1, 0.15) is 11.3 Å². The largest absolute Gasteiger partial charge is 0.481 e. The third-order valence-electron chi connectivity index (χ3n) is 3.03. The number of hydrogen-bond acceptors (Lipinski definition) is 3. The fourth-order valence-electron chi connectivity index (χ4n) is 2.08. The second-order valence-corrected chi connectivity index (χ2v) is 6.65. The number of carbonyl (C=O) groups excluding carboxylic acids is 1. The van der Waals surface area contributed by atoms with Gasteiger partial charge in [-0.2, -0.15) is 0 Å². The Kier molecular flexibility index (Phi) is 4.46. The van der Waals surface area contributed by atoms with Gasteiger partial charge >= 0.3 is 12.0 Å². The summed E-state index contributed by atoms with van der Waals surface area (Å²) in [5.74, 6) is -0.695. The maximum atomic E-state index is 12.1. The van der Waals surface area contributed by atoms with Crippen molar-refractivity contribution in [1.29, 1.82) is 0 Å². The number of halogens is 1. The lowest BCUT2D eigenvalue weighted by Crippen LogP contribution is -2.54. The van der Waals surface area contributed by atoms with E-state index in [1.54, 1.807) is 28.2 Å². The molecule has 0 aromatic carbocycles. The number of carboxylic acid groups (broad SMARTS) is 1. The first-order valence-corrected chi connectivity index (χ1v) is 7.57. The number of hydrogen-bond donors (Lipinski definition) is 1. The average Bonchev–Trinajstić information content (AvgIpc) is 2.67. The predicted octanol–water partition coefficient (Wildman–Crippen LogP) is 2.47. The summed E-state index contributed by atoms with van der Waals surface area (Å²) in [4.78, 5) is 27.1. The SMILES string of the molecule is CN(Cc1cc(Br)cs1)C(=O)N1CC(CC(=O)O)C1. The maximum absolute atomic E-state index is 12.1.